The van der Waals surface area contributed by atoms with E-state index in [0.29, 0.717) is 24.5 Å². The smallest absolute Gasteiger partial charge is 0.125 e. The number of aliphatic hydroxyl groups excluding tert-OH is 1. The van der Waals surface area contributed by atoms with Crippen molar-refractivity contribution >= 4 is 0 Å². The fraction of sp³-hybridized carbons (Fsp3) is 0.600. The maximum atomic E-state index is 13.2. The van der Waals surface area contributed by atoms with Crippen LogP contribution < -0.4 is 4.74 Å². The van der Waals surface area contributed by atoms with Crippen molar-refractivity contribution in [2.24, 2.45) is 0 Å². The topological polar surface area (TPSA) is 41.9 Å². The average molecular weight is 283 g/mol. The Hall–Kier alpha value is -1.17. The van der Waals surface area contributed by atoms with Gasteiger partial charge in [-0.25, -0.2) is 4.39 Å². The van der Waals surface area contributed by atoms with Gasteiger partial charge in [-0.15, -0.1) is 0 Å². The van der Waals surface area contributed by atoms with Crippen LogP contribution in [-0.4, -0.2) is 49.0 Å². The molecular weight excluding hydrogens is 261 g/mol. The molecule has 2 rings (SSSR count). The van der Waals surface area contributed by atoms with Crippen LogP contribution >= 0.6 is 0 Å². The third-order valence-electron chi connectivity index (χ3n) is 3.52. The Morgan fingerprint density at radius 3 is 3.05 bits per heavy atom. The Bertz CT molecular complexity index is 439. The first-order chi connectivity index (χ1) is 9.60. The van der Waals surface area contributed by atoms with Crippen LogP contribution in [0.1, 0.15) is 25.5 Å². The molecule has 1 N–H and O–H groups in total. The molecule has 20 heavy (non-hydrogen) atoms. The van der Waals surface area contributed by atoms with E-state index in [0.717, 1.165) is 19.6 Å². The number of benzene rings is 1. The van der Waals surface area contributed by atoms with Gasteiger partial charge in [0.2, 0.25) is 0 Å². The van der Waals surface area contributed by atoms with Crippen molar-refractivity contribution in [2.45, 2.75) is 26.1 Å². The van der Waals surface area contributed by atoms with E-state index in [-0.39, 0.29) is 11.9 Å². The summed E-state index contributed by atoms with van der Waals surface area (Å²) in [6.07, 6.45) is -0.754. The lowest BCUT2D eigenvalue weighted by molar-refractivity contribution is -0.0467. The SMILES string of the molecule is CCN1CCOC(COc2ccc(F)cc2[C@@H](C)O)C1. The second kappa shape index (κ2) is 7.02. The lowest BCUT2D eigenvalue weighted by Crippen LogP contribution is -2.44. The van der Waals surface area contributed by atoms with E-state index in [1.807, 2.05) is 0 Å². The van der Waals surface area contributed by atoms with E-state index >= 15 is 0 Å². The first-order valence-electron chi connectivity index (χ1n) is 7.04. The van der Waals surface area contributed by atoms with Gasteiger partial charge in [0.15, 0.2) is 0 Å². The Labute approximate surface area is 119 Å². The highest BCUT2D eigenvalue weighted by atomic mass is 19.1. The van der Waals surface area contributed by atoms with Gasteiger partial charge < -0.3 is 14.6 Å². The highest BCUT2D eigenvalue weighted by Gasteiger charge is 2.20. The lowest BCUT2D eigenvalue weighted by Gasteiger charge is -2.32. The fourth-order valence-corrected chi connectivity index (χ4v) is 2.33. The van der Waals surface area contributed by atoms with Crippen LogP contribution in [0.3, 0.4) is 0 Å². The second-order valence-electron chi connectivity index (χ2n) is 5.06. The van der Waals surface area contributed by atoms with Gasteiger partial charge in [0.1, 0.15) is 24.3 Å². The number of hydrogen-bond donors (Lipinski definition) is 1. The molecule has 1 aliphatic heterocycles. The summed E-state index contributed by atoms with van der Waals surface area (Å²) in [5.41, 5.74) is 0.466. The van der Waals surface area contributed by atoms with E-state index in [9.17, 15) is 9.50 Å². The summed E-state index contributed by atoms with van der Waals surface area (Å²) >= 11 is 0. The molecule has 0 bridgehead atoms. The standard InChI is InChI=1S/C15H22FNO3/c1-3-17-6-7-19-13(9-17)10-20-15-5-4-12(16)8-14(15)11(2)18/h4-5,8,11,13,18H,3,6-7,9-10H2,1-2H3/t11-,13?/m1/s1. The number of rotatable bonds is 5. The first kappa shape index (κ1) is 15.2. The summed E-state index contributed by atoms with van der Waals surface area (Å²) in [6, 6.07) is 4.19. The number of likely N-dealkylation sites (N-methyl/N-ethyl adjacent to an activating group) is 1. The molecule has 0 spiro atoms. The summed E-state index contributed by atoms with van der Waals surface area (Å²) in [7, 11) is 0. The van der Waals surface area contributed by atoms with Crippen molar-refractivity contribution in [2.75, 3.05) is 32.8 Å². The first-order valence-corrected chi connectivity index (χ1v) is 7.04. The maximum absolute atomic E-state index is 13.2. The number of aliphatic hydroxyl groups is 1. The van der Waals surface area contributed by atoms with Crippen LogP contribution in [0.25, 0.3) is 0 Å². The van der Waals surface area contributed by atoms with Gasteiger partial charge in [-0.3, -0.25) is 4.90 Å². The second-order valence-corrected chi connectivity index (χ2v) is 5.06. The van der Waals surface area contributed by atoms with Gasteiger partial charge >= 0.3 is 0 Å². The number of halogens is 1. The highest BCUT2D eigenvalue weighted by Crippen LogP contribution is 2.26. The Kier molecular flexibility index (Phi) is 5.34. The van der Waals surface area contributed by atoms with Gasteiger partial charge in [0.05, 0.1) is 12.7 Å². The Morgan fingerprint density at radius 1 is 1.55 bits per heavy atom. The normalized spacial score (nSPS) is 21.7. The van der Waals surface area contributed by atoms with Crippen molar-refractivity contribution in [3.8, 4) is 5.75 Å². The number of nitrogens with zero attached hydrogens (tertiary/aromatic N) is 1. The number of hydrogen-bond acceptors (Lipinski definition) is 4. The maximum Gasteiger partial charge on any atom is 0.125 e. The summed E-state index contributed by atoms with van der Waals surface area (Å²) in [5.74, 6) is 0.137. The molecule has 0 aliphatic carbocycles. The molecule has 5 heteroatoms. The van der Waals surface area contributed by atoms with Crippen molar-refractivity contribution in [3.63, 3.8) is 0 Å². The Balaban J connectivity index is 1.96. The predicted octanol–water partition coefficient (Wildman–Crippen LogP) is 1.98. The van der Waals surface area contributed by atoms with Gasteiger partial charge in [0.25, 0.3) is 0 Å². The van der Waals surface area contributed by atoms with Crippen LogP contribution in [0.15, 0.2) is 18.2 Å². The van der Waals surface area contributed by atoms with Crippen molar-refractivity contribution in [1.29, 1.82) is 0 Å². The van der Waals surface area contributed by atoms with E-state index in [4.69, 9.17) is 9.47 Å². The third-order valence-corrected chi connectivity index (χ3v) is 3.52. The highest BCUT2D eigenvalue weighted by molar-refractivity contribution is 5.35. The van der Waals surface area contributed by atoms with Crippen molar-refractivity contribution in [3.05, 3.63) is 29.6 Å². The van der Waals surface area contributed by atoms with Gasteiger partial charge in [-0.2, -0.15) is 0 Å². The van der Waals surface area contributed by atoms with Crippen LogP contribution in [0.4, 0.5) is 4.39 Å². The molecule has 1 aromatic carbocycles. The van der Waals surface area contributed by atoms with Crippen LogP contribution in [0.5, 0.6) is 5.75 Å². The van der Waals surface area contributed by atoms with Crippen molar-refractivity contribution in [1.82, 2.24) is 4.90 Å². The summed E-state index contributed by atoms with van der Waals surface area (Å²) in [6.45, 7) is 7.60. The fourth-order valence-electron chi connectivity index (χ4n) is 2.33. The van der Waals surface area contributed by atoms with E-state index in [1.54, 1.807) is 13.0 Å². The minimum Gasteiger partial charge on any atom is -0.490 e. The third kappa shape index (κ3) is 3.91. The van der Waals surface area contributed by atoms with Crippen LogP contribution in [0.2, 0.25) is 0 Å². The lowest BCUT2D eigenvalue weighted by atomic mass is 10.1. The van der Waals surface area contributed by atoms with E-state index in [1.165, 1.54) is 12.1 Å². The monoisotopic (exact) mass is 283 g/mol. The minimum absolute atomic E-state index is 0.00982. The largest absolute Gasteiger partial charge is 0.490 e. The zero-order valence-corrected chi connectivity index (χ0v) is 12.0. The molecule has 2 atom stereocenters. The summed E-state index contributed by atoms with van der Waals surface area (Å²) in [4.78, 5) is 2.30. The number of ether oxygens (including phenoxy) is 2. The molecule has 4 nitrogen and oxygen atoms in total. The van der Waals surface area contributed by atoms with Crippen LogP contribution in [-0.2, 0) is 4.74 Å². The summed E-state index contributed by atoms with van der Waals surface area (Å²) in [5, 5.41) is 9.66. The molecule has 1 aromatic rings. The zero-order valence-electron chi connectivity index (χ0n) is 12.0. The molecule has 0 amide bonds. The molecular formula is C15H22FNO3. The molecule has 112 valence electrons. The van der Waals surface area contributed by atoms with Crippen molar-refractivity contribution < 1.29 is 19.0 Å². The van der Waals surface area contributed by atoms with Crippen LogP contribution in [0, 0.1) is 5.82 Å². The Morgan fingerprint density at radius 2 is 2.35 bits per heavy atom. The van der Waals surface area contributed by atoms with Gasteiger partial charge in [-0.05, 0) is 31.7 Å². The molecule has 1 fully saturated rings. The van der Waals surface area contributed by atoms with E-state index < -0.39 is 6.10 Å². The predicted molar refractivity (Wildman–Crippen MR) is 74.4 cm³/mol. The van der Waals surface area contributed by atoms with Gasteiger partial charge in [-0.1, -0.05) is 6.92 Å². The average Bonchev–Trinajstić information content (AvgIpc) is 2.46. The summed E-state index contributed by atoms with van der Waals surface area (Å²) < 4.78 is 24.6. The zero-order chi connectivity index (χ0) is 14.5. The minimum atomic E-state index is -0.764. The molecule has 1 unspecified atom stereocenters. The molecule has 0 radical (unpaired) electrons. The van der Waals surface area contributed by atoms with Gasteiger partial charge in [0, 0.05) is 18.7 Å². The molecule has 0 saturated carbocycles. The van der Waals surface area contributed by atoms with E-state index in [2.05, 4.69) is 11.8 Å². The molecule has 0 aromatic heterocycles. The molecule has 1 saturated heterocycles. The number of morpholine rings is 1. The quantitative estimate of drug-likeness (QED) is 0.897. The molecule has 1 heterocycles. The molecule has 1 aliphatic rings.